The number of rotatable bonds is 7. The minimum absolute atomic E-state index is 0.0746. The highest BCUT2D eigenvalue weighted by Gasteiger charge is 2.21. The van der Waals surface area contributed by atoms with Crippen LogP contribution in [-0.4, -0.2) is 30.5 Å². The lowest BCUT2D eigenvalue weighted by atomic mass is 9.98. The lowest BCUT2D eigenvalue weighted by molar-refractivity contribution is -0.124. The van der Waals surface area contributed by atoms with E-state index in [1.165, 1.54) is 10.9 Å². The maximum absolute atomic E-state index is 12.3. The first-order valence-corrected chi connectivity index (χ1v) is 9.46. The summed E-state index contributed by atoms with van der Waals surface area (Å²) in [6.45, 7) is 4.83. The van der Waals surface area contributed by atoms with E-state index in [2.05, 4.69) is 73.5 Å². The summed E-state index contributed by atoms with van der Waals surface area (Å²) in [4.78, 5) is 15.6. The summed E-state index contributed by atoms with van der Waals surface area (Å²) in [5, 5.41) is 7.33. The van der Waals surface area contributed by atoms with Crippen LogP contribution in [-0.2, 0) is 11.2 Å². The van der Waals surface area contributed by atoms with Crippen molar-refractivity contribution < 1.29 is 4.79 Å². The molecule has 23 heavy (non-hydrogen) atoms. The van der Waals surface area contributed by atoms with Gasteiger partial charge in [-0.15, -0.1) is 0 Å². The highest BCUT2D eigenvalue weighted by Crippen LogP contribution is 2.30. The molecular formula is C17H23Br2N3O. The fourth-order valence-electron chi connectivity index (χ4n) is 2.72. The van der Waals surface area contributed by atoms with E-state index in [4.69, 9.17) is 0 Å². The van der Waals surface area contributed by atoms with Crippen LogP contribution in [0.4, 0.5) is 0 Å². The Hall–Kier alpha value is -0.850. The molecule has 1 heterocycles. The molecule has 0 aliphatic rings. The van der Waals surface area contributed by atoms with Gasteiger partial charge in [-0.1, -0.05) is 20.3 Å². The van der Waals surface area contributed by atoms with Crippen molar-refractivity contribution in [3.05, 3.63) is 32.8 Å². The van der Waals surface area contributed by atoms with E-state index in [0.29, 0.717) is 12.5 Å². The number of amides is 1. The fraction of sp³-hybridized carbons (Fsp3) is 0.471. The highest BCUT2D eigenvalue weighted by atomic mass is 79.9. The molecule has 3 N–H and O–H groups in total. The third-order valence-electron chi connectivity index (χ3n) is 4.31. The molecule has 1 amide bonds. The number of likely N-dealkylation sites (N-methyl/N-ethyl adjacent to an activating group) is 1. The summed E-state index contributed by atoms with van der Waals surface area (Å²) in [7, 11) is 1.84. The second-order valence-corrected chi connectivity index (χ2v) is 7.53. The van der Waals surface area contributed by atoms with Crippen LogP contribution in [0.2, 0.25) is 0 Å². The summed E-state index contributed by atoms with van der Waals surface area (Å²) in [5.41, 5.74) is 2.30. The Morgan fingerprint density at radius 3 is 2.65 bits per heavy atom. The van der Waals surface area contributed by atoms with Crippen LogP contribution in [0.5, 0.6) is 0 Å². The second kappa shape index (κ2) is 8.31. The number of fused-ring (bicyclic) bond motifs is 1. The van der Waals surface area contributed by atoms with Gasteiger partial charge in [0, 0.05) is 32.6 Å². The van der Waals surface area contributed by atoms with E-state index in [1.807, 2.05) is 13.2 Å². The lowest BCUT2D eigenvalue weighted by Crippen LogP contribution is -2.46. The van der Waals surface area contributed by atoms with Gasteiger partial charge >= 0.3 is 0 Å². The number of benzene rings is 1. The number of carbonyl (C=O) groups is 1. The number of aromatic amines is 1. The van der Waals surface area contributed by atoms with Crippen molar-refractivity contribution in [1.82, 2.24) is 15.6 Å². The van der Waals surface area contributed by atoms with Crippen molar-refractivity contribution in [1.29, 1.82) is 0 Å². The molecule has 0 aliphatic carbocycles. The van der Waals surface area contributed by atoms with Crippen LogP contribution in [0.3, 0.4) is 0 Å². The molecular weight excluding hydrogens is 422 g/mol. The van der Waals surface area contributed by atoms with Gasteiger partial charge in [0.15, 0.2) is 0 Å². The first-order valence-electron chi connectivity index (χ1n) is 7.87. The zero-order valence-corrected chi connectivity index (χ0v) is 16.8. The Bertz CT molecular complexity index is 684. The molecule has 2 atom stereocenters. The van der Waals surface area contributed by atoms with Crippen molar-refractivity contribution >= 4 is 48.7 Å². The molecule has 6 heteroatoms. The van der Waals surface area contributed by atoms with E-state index >= 15 is 0 Å². The molecule has 0 bridgehead atoms. The average molecular weight is 445 g/mol. The highest BCUT2D eigenvalue weighted by molar-refractivity contribution is 9.13. The van der Waals surface area contributed by atoms with Crippen molar-refractivity contribution in [3.8, 4) is 0 Å². The molecule has 2 rings (SSSR count). The molecule has 0 aliphatic heterocycles. The van der Waals surface area contributed by atoms with Gasteiger partial charge in [0.1, 0.15) is 0 Å². The molecule has 126 valence electrons. The molecule has 0 fully saturated rings. The maximum Gasteiger partial charge on any atom is 0.237 e. The van der Waals surface area contributed by atoms with Gasteiger partial charge in [0.05, 0.1) is 6.04 Å². The first kappa shape index (κ1) is 18.5. The minimum atomic E-state index is -0.131. The SMILES string of the molecule is CCC(C)C(NC)C(=O)NCCc1c[nH]c2cc(Br)c(Br)cc12. The third kappa shape index (κ3) is 4.37. The number of H-pyrrole nitrogens is 1. The molecule has 0 spiro atoms. The van der Waals surface area contributed by atoms with E-state index in [1.54, 1.807) is 0 Å². The van der Waals surface area contributed by atoms with Gasteiger partial charge in [-0.25, -0.2) is 0 Å². The number of hydrogen-bond donors (Lipinski definition) is 3. The van der Waals surface area contributed by atoms with Crippen molar-refractivity contribution in [2.45, 2.75) is 32.7 Å². The molecule has 2 aromatic rings. The summed E-state index contributed by atoms with van der Waals surface area (Å²) in [6.07, 6.45) is 3.79. The number of halogens is 2. The second-order valence-electron chi connectivity index (χ2n) is 5.82. The molecule has 1 aromatic carbocycles. The maximum atomic E-state index is 12.3. The van der Waals surface area contributed by atoms with Crippen molar-refractivity contribution in [2.75, 3.05) is 13.6 Å². The molecule has 4 nitrogen and oxygen atoms in total. The Morgan fingerprint density at radius 2 is 2.00 bits per heavy atom. The van der Waals surface area contributed by atoms with Crippen LogP contribution in [0, 0.1) is 5.92 Å². The lowest BCUT2D eigenvalue weighted by Gasteiger charge is -2.21. The van der Waals surface area contributed by atoms with Gasteiger partial charge < -0.3 is 15.6 Å². The Morgan fingerprint density at radius 1 is 1.30 bits per heavy atom. The van der Waals surface area contributed by atoms with E-state index in [9.17, 15) is 4.79 Å². The zero-order valence-electron chi connectivity index (χ0n) is 13.7. The summed E-state index contributed by atoms with van der Waals surface area (Å²) >= 11 is 7.05. The first-order chi connectivity index (χ1) is 11.0. The van der Waals surface area contributed by atoms with E-state index < -0.39 is 0 Å². The summed E-state index contributed by atoms with van der Waals surface area (Å²) < 4.78 is 2.05. The van der Waals surface area contributed by atoms with Crippen LogP contribution >= 0.6 is 31.9 Å². The number of nitrogens with one attached hydrogen (secondary N) is 3. The van der Waals surface area contributed by atoms with Gasteiger partial charge in [-0.2, -0.15) is 0 Å². The van der Waals surface area contributed by atoms with Gasteiger partial charge in [-0.3, -0.25) is 4.79 Å². The largest absolute Gasteiger partial charge is 0.361 e. The predicted octanol–water partition coefficient (Wildman–Crippen LogP) is 3.99. The Balaban J connectivity index is 1.99. The van der Waals surface area contributed by atoms with E-state index in [0.717, 1.165) is 27.3 Å². The molecule has 0 saturated carbocycles. The smallest absolute Gasteiger partial charge is 0.237 e. The molecule has 2 unspecified atom stereocenters. The molecule has 1 aromatic heterocycles. The number of carbonyl (C=O) groups excluding carboxylic acids is 1. The van der Waals surface area contributed by atoms with Gasteiger partial charge in [0.25, 0.3) is 0 Å². The summed E-state index contributed by atoms with van der Waals surface area (Å²) in [5.74, 6) is 0.395. The molecule has 0 radical (unpaired) electrons. The molecule has 0 saturated heterocycles. The fourth-order valence-corrected chi connectivity index (χ4v) is 3.41. The predicted molar refractivity (Wildman–Crippen MR) is 103 cm³/mol. The van der Waals surface area contributed by atoms with Gasteiger partial charge in [-0.05, 0) is 68.9 Å². The van der Waals surface area contributed by atoms with Crippen molar-refractivity contribution in [2.24, 2.45) is 5.92 Å². The number of aromatic nitrogens is 1. The normalized spacial score (nSPS) is 14.0. The minimum Gasteiger partial charge on any atom is -0.361 e. The van der Waals surface area contributed by atoms with Gasteiger partial charge in [0.2, 0.25) is 5.91 Å². The zero-order chi connectivity index (χ0) is 17.0. The van der Waals surface area contributed by atoms with Crippen LogP contribution in [0.15, 0.2) is 27.3 Å². The van der Waals surface area contributed by atoms with Crippen molar-refractivity contribution in [3.63, 3.8) is 0 Å². The summed E-state index contributed by atoms with van der Waals surface area (Å²) in [6, 6.07) is 4.03. The standard InChI is InChI=1S/C17H23Br2N3O/c1-4-10(2)16(20-3)17(23)21-6-5-11-9-22-15-8-14(19)13(18)7-12(11)15/h7-10,16,20,22H,4-6H2,1-3H3,(H,21,23). The van der Waals surface area contributed by atoms with Crippen LogP contribution in [0.1, 0.15) is 25.8 Å². The van der Waals surface area contributed by atoms with Crippen LogP contribution < -0.4 is 10.6 Å². The quantitative estimate of drug-likeness (QED) is 0.604. The monoisotopic (exact) mass is 443 g/mol. The topological polar surface area (TPSA) is 56.9 Å². The number of hydrogen-bond acceptors (Lipinski definition) is 2. The average Bonchev–Trinajstić information content (AvgIpc) is 2.90. The van der Waals surface area contributed by atoms with Crippen LogP contribution in [0.25, 0.3) is 10.9 Å². The third-order valence-corrected chi connectivity index (χ3v) is 6.15. The van der Waals surface area contributed by atoms with E-state index in [-0.39, 0.29) is 11.9 Å². The Kier molecular flexibility index (Phi) is 6.68. The Labute approximate surface area is 154 Å².